The minimum atomic E-state index is -0.648. The van der Waals surface area contributed by atoms with E-state index in [1.165, 1.54) is 26.4 Å². The third-order valence-electron chi connectivity index (χ3n) is 3.30. The zero-order chi connectivity index (χ0) is 15.4. The Kier molecular flexibility index (Phi) is 4.57. The van der Waals surface area contributed by atoms with E-state index in [0.717, 1.165) is 24.5 Å². The number of aryl methyl sites for hydroxylation is 1. The minimum Gasteiger partial charge on any atom is -0.466 e. The second-order valence-electron chi connectivity index (χ2n) is 4.57. The van der Waals surface area contributed by atoms with Gasteiger partial charge in [0.25, 0.3) is 0 Å². The van der Waals surface area contributed by atoms with Crippen LogP contribution in [0.2, 0.25) is 0 Å². The average molecular weight is 293 g/mol. The van der Waals surface area contributed by atoms with Gasteiger partial charge < -0.3 is 14.4 Å². The lowest BCUT2D eigenvalue weighted by molar-refractivity contribution is -0.138. The van der Waals surface area contributed by atoms with Crippen LogP contribution in [0.15, 0.2) is 30.0 Å². The van der Waals surface area contributed by atoms with Gasteiger partial charge in [-0.25, -0.2) is 14.0 Å². The quantitative estimate of drug-likeness (QED) is 0.628. The van der Waals surface area contributed by atoms with Crippen LogP contribution in [0.1, 0.15) is 12.0 Å². The summed E-state index contributed by atoms with van der Waals surface area (Å²) in [6.07, 6.45) is 2.55. The number of hydrogen-bond donors (Lipinski definition) is 0. The molecule has 0 saturated carbocycles. The van der Waals surface area contributed by atoms with Crippen molar-refractivity contribution in [2.75, 3.05) is 25.7 Å². The molecule has 2 rings (SSSR count). The zero-order valence-corrected chi connectivity index (χ0v) is 11.9. The number of esters is 2. The van der Waals surface area contributed by atoms with Crippen molar-refractivity contribution in [3.05, 3.63) is 41.4 Å². The van der Waals surface area contributed by atoms with E-state index in [-0.39, 0.29) is 11.5 Å². The fraction of sp³-hybridized carbons (Fsp3) is 0.333. The van der Waals surface area contributed by atoms with Crippen LogP contribution >= 0.6 is 0 Å². The van der Waals surface area contributed by atoms with Crippen LogP contribution in [-0.2, 0) is 25.5 Å². The van der Waals surface area contributed by atoms with Crippen molar-refractivity contribution in [2.45, 2.75) is 12.8 Å². The predicted octanol–water partition coefficient (Wildman–Crippen LogP) is 1.81. The molecule has 1 aromatic rings. The molecule has 5 nitrogen and oxygen atoms in total. The smallest absolute Gasteiger partial charge is 0.354 e. The first-order chi connectivity index (χ1) is 10.1. The SMILES string of the molecule is COC(=O)/C=C(/C(=O)OC)N1CCCc2cc(F)ccc21. The molecule has 0 unspecified atom stereocenters. The van der Waals surface area contributed by atoms with E-state index in [1.54, 1.807) is 11.0 Å². The Morgan fingerprint density at radius 3 is 2.71 bits per heavy atom. The number of halogens is 1. The number of methoxy groups -OCH3 is 2. The van der Waals surface area contributed by atoms with Crippen LogP contribution in [0.3, 0.4) is 0 Å². The monoisotopic (exact) mass is 293 g/mol. The van der Waals surface area contributed by atoms with E-state index in [2.05, 4.69) is 4.74 Å². The van der Waals surface area contributed by atoms with E-state index in [0.29, 0.717) is 12.2 Å². The van der Waals surface area contributed by atoms with E-state index >= 15 is 0 Å². The number of anilines is 1. The van der Waals surface area contributed by atoms with Crippen LogP contribution in [0, 0.1) is 5.82 Å². The number of ether oxygens (including phenoxy) is 2. The number of fused-ring (bicyclic) bond motifs is 1. The van der Waals surface area contributed by atoms with Crippen molar-refractivity contribution in [2.24, 2.45) is 0 Å². The second-order valence-corrected chi connectivity index (χ2v) is 4.57. The molecular formula is C15H16FNO4. The molecule has 1 heterocycles. The summed E-state index contributed by atoms with van der Waals surface area (Å²) in [5.41, 5.74) is 1.57. The van der Waals surface area contributed by atoms with Crippen LogP contribution < -0.4 is 4.90 Å². The summed E-state index contributed by atoms with van der Waals surface area (Å²) < 4.78 is 22.6. The van der Waals surface area contributed by atoms with E-state index in [9.17, 15) is 14.0 Å². The molecule has 1 aliphatic rings. The van der Waals surface area contributed by atoms with Crippen LogP contribution in [-0.4, -0.2) is 32.7 Å². The maximum absolute atomic E-state index is 13.3. The first kappa shape index (κ1) is 15.0. The Hall–Kier alpha value is -2.37. The lowest BCUT2D eigenvalue weighted by atomic mass is 10.0. The highest BCUT2D eigenvalue weighted by molar-refractivity contribution is 5.99. The van der Waals surface area contributed by atoms with Gasteiger partial charge in [0.05, 0.1) is 20.3 Å². The maximum atomic E-state index is 13.3. The molecule has 0 radical (unpaired) electrons. The molecule has 0 atom stereocenters. The molecular weight excluding hydrogens is 277 g/mol. The third kappa shape index (κ3) is 3.21. The minimum absolute atomic E-state index is 0.0805. The highest BCUT2D eigenvalue weighted by atomic mass is 19.1. The van der Waals surface area contributed by atoms with Gasteiger partial charge in [-0.1, -0.05) is 0 Å². The standard InChI is InChI=1S/C15H16FNO4/c1-20-14(18)9-13(15(19)21-2)17-7-3-4-10-8-11(16)5-6-12(10)17/h5-6,8-9H,3-4,7H2,1-2H3/b13-9-. The third-order valence-corrected chi connectivity index (χ3v) is 3.30. The first-order valence-electron chi connectivity index (χ1n) is 6.50. The fourth-order valence-corrected chi connectivity index (χ4v) is 2.34. The van der Waals surface area contributed by atoms with Crippen molar-refractivity contribution in [3.8, 4) is 0 Å². The molecule has 112 valence electrons. The number of hydrogen-bond acceptors (Lipinski definition) is 5. The highest BCUT2D eigenvalue weighted by Crippen LogP contribution is 2.31. The summed E-state index contributed by atoms with van der Waals surface area (Å²) in [4.78, 5) is 25.0. The zero-order valence-electron chi connectivity index (χ0n) is 11.9. The summed E-state index contributed by atoms with van der Waals surface area (Å²) in [6.45, 7) is 0.538. The van der Waals surface area contributed by atoms with Crippen molar-refractivity contribution in [1.82, 2.24) is 0 Å². The lowest BCUT2D eigenvalue weighted by Gasteiger charge is -2.31. The Labute approximate surface area is 121 Å². The summed E-state index contributed by atoms with van der Waals surface area (Å²) in [5.74, 6) is -1.62. The topological polar surface area (TPSA) is 55.8 Å². The molecule has 0 aliphatic carbocycles. The van der Waals surface area contributed by atoms with Gasteiger partial charge in [-0.05, 0) is 36.6 Å². The van der Waals surface area contributed by atoms with Gasteiger partial charge in [-0.2, -0.15) is 0 Å². The average Bonchev–Trinajstić information content (AvgIpc) is 2.50. The molecule has 0 amide bonds. The molecule has 0 bridgehead atoms. The van der Waals surface area contributed by atoms with Crippen LogP contribution in [0.4, 0.5) is 10.1 Å². The maximum Gasteiger partial charge on any atom is 0.354 e. The summed E-state index contributed by atoms with van der Waals surface area (Å²) >= 11 is 0. The number of benzene rings is 1. The Bertz CT molecular complexity index is 597. The molecule has 0 spiro atoms. The molecule has 0 fully saturated rings. The van der Waals surface area contributed by atoms with Gasteiger partial charge in [0.1, 0.15) is 11.5 Å². The Morgan fingerprint density at radius 1 is 1.29 bits per heavy atom. The molecule has 1 aromatic carbocycles. The van der Waals surface area contributed by atoms with Gasteiger partial charge >= 0.3 is 11.9 Å². The molecule has 21 heavy (non-hydrogen) atoms. The van der Waals surface area contributed by atoms with Gasteiger partial charge in [0.2, 0.25) is 0 Å². The molecule has 6 heteroatoms. The number of carbonyl (C=O) groups excluding carboxylic acids is 2. The number of carbonyl (C=O) groups is 2. The first-order valence-corrected chi connectivity index (χ1v) is 6.50. The Balaban J connectivity index is 2.45. The summed E-state index contributed by atoms with van der Waals surface area (Å²) in [5, 5.41) is 0. The van der Waals surface area contributed by atoms with Crippen molar-refractivity contribution >= 4 is 17.6 Å². The van der Waals surface area contributed by atoms with E-state index in [4.69, 9.17) is 4.74 Å². The molecule has 0 aromatic heterocycles. The molecule has 0 N–H and O–H groups in total. The van der Waals surface area contributed by atoms with Gasteiger partial charge in [-0.15, -0.1) is 0 Å². The number of nitrogens with zero attached hydrogens (tertiary/aromatic N) is 1. The van der Waals surface area contributed by atoms with Gasteiger partial charge in [0, 0.05) is 12.2 Å². The summed E-state index contributed by atoms with van der Waals surface area (Å²) in [6, 6.07) is 4.36. The molecule has 1 aliphatic heterocycles. The number of rotatable bonds is 3. The van der Waals surface area contributed by atoms with Gasteiger partial charge in [-0.3, -0.25) is 0 Å². The van der Waals surface area contributed by atoms with Crippen molar-refractivity contribution < 1.29 is 23.5 Å². The Morgan fingerprint density at radius 2 is 2.05 bits per heavy atom. The van der Waals surface area contributed by atoms with E-state index < -0.39 is 11.9 Å². The predicted molar refractivity (Wildman–Crippen MR) is 74.2 cm³/mol. The van der Waals surface area contributed by atoms with E-state index in [1.807, 2.05) is 0 Å². The largest absolute Gasteiger partial charge is 0.466 e. The van der Waals surface area contributed by atoms with Gasteiger partial charge in [0.15, 0.2) is 0 Å². The second kappa shape index (κ2) is 6.39. The highest BCUT2D eigenvalue weighted by Gasteiger charge is 2.26. The molecule has 0 saturated heterocycles. The van der Waals surface area contributed by atoms with Crippen molar-refractivity contribution in [1.29, 1.82) is 0 Å². The van der Waals surface area contributed by atoms with Crippen LogP contribution in [0.25, 0.3) is 0 Å². The summed E-state index contributed by atoms with van der Waals surface area (Å²) in [7, 11) is 2.47. The van der Waals surface area contributed by atoms with Crippen molar-refractivity contribution in [3.63, 3.8) is 0 Å². The fourth-order valence-electron chi connectivity index (χ4n) is 2.34. The van der Waals surface area contributed by atoms with Crippen LogP contribution in [0.5, 0.6) is 0 Å². The normalized spacial score (nSPS) is 14.4. The lowest BCUT2D eigenvalue weighted by Crippen LogP contribution is -2.33.